The summed E-state index contributed by atoms with van der Waals surface area (Å²) >= 11 is 0. The number of benzene rings is 1. The number of hydrogen-bond acceptors (Lipinski definition) is 3. The lowest BCUT2D eigenvalue weighted by atomic mass is 9.94. The van der Waals surface area contributed by atoms with E-state index in [1.165, 1.54) is 0 Å². The molecule has 1 rings (SSSR count). The molecule has 0 saturated heterocycles. The number of aliphatic carboxylic acids is 1. The standard InChI is InChI=1S/C17H24F2N2O3/c1-10(2)3-12(7-16(22)23)9-21-17(24)15(20)6-11-4-13(18)8-14(19)5-11/h4-5,8,10,12,15H,3,6-7,9,20H2,1-2H3,(H,21,24)(H,22,23)/t12-,15+/m0/s1. The molecule has 0 aromatic heterocycles. The van der Waals surface area contributed by atoms with Crippen LogP contribution in [0.2, 0.25) is 0 Å². The third-order valence-electron chi connectivity index (χ3n) is 3.55. The maximum atomic E-state index is 13.1. The van der Waals surface area contributed by atoms with E-state index in [0.717, 1.165) is 18.2 Å². The maximum absolute atomic E-state index is 13.1. The van der Waals surface area contributed by atoms with Gasteiger partial charge in [0.25, 0.3) is 0 Å². The molecular formula is C17H24F2N2O3. The molecular weight excluding hydrogens is 318 g/mol. The summed E-state index contributed by atoms with van der Waals surface area (Å²) in [5.41, 5.74) is 6.06. The molecule has 24 heavy (non-hydrogen) atoms. The van der Waals surface area contributed by atoms with Crippen LogP contribution in [0.4, 0.5) is 8.78 Å². The number of nitrogens with one attached hydrogen (secondary N) is 1. The van der Waals surface area contributed by atoms with Crippen molar-refractivity contribution in [1.29, 1.82) is 0 Å². The van der Waals surface area contributed by atoms with Gasteiger partial charge in [-0.25, -0.2) is 8.78 Å². The maximum Gasteiger partial charge on any atom is 0.303 e. The zero-order valence-electron chi connectivity index (χ0n) is 13.9. The second kappa shape index (κ2) is 9.32. The van der Waals surface area contributed by atoms with Gasteiger partial charge in [-0.1, -0.05) is 13.8 Å². The first kappa shape index (κ1) is 20.0. The molecule has 0 aliphatic rings. The highest BCUT2D eigenvalue weighted by Gasteiger charge is 2.19. The van der Waals surface area contributed by atoms with E-state index in [1.54, 1.807) is 0 Å². The Hall–Kier alpha value is -2.02. The number of halogens is 2. The first-order valence-electron chi connectivity index (χ1n) is 7.87. The second-order valence-electron chi connectivity index (χ2n) is 6.43. The molecule has 134 valence electrons. The Morgan fingerprint density at radius 2 is 1.79 bits per heavy atom. The number of carbonyl (C=O) groups is 2. The van der Waals surface area contributed by atoms with Crippen LogP contribution >= 0.6 is 0 Å². The number of amides is 1. The molecule has 1 amide bonds. The average Bonchev–Trinajstić information content (AvgIpc) is 2.41. The van der Waals surface area contributed by atoms with E-state index in [-0.39, 0.29) is 25.3 Å². The summed E-state index contributed by atoms with van der Waals surface area (Å²) in [6, 6.07) is 2.04. The number of carboxylic acid groups (broad SMARTS) is 1. The molecule has 5 nitrogen and oxygen atoms in total. The molecule has 0 spiro atoms. The van der Waals surface area contributed by atoms with Crippen LogP contribution in [0.5, 0.6) is 0 Å². The molecule has 0 unspecified atom stereocenters. The Morgan fingerprint density at radius 3 is 2.29 bits per heavy atom. The van der Waals surface area contributed by atoms with Crippen molar-refractivity contribution in [2.24, 2.45) is 17.6 Å². The highest BCUT2D eigenvalue weighted by Crippen LogP contribution is 2.15. The lowest BCUT2D eigenvalue weighted by Crippen LogP contribution is -2.44. The first-order valence-corrected chi connectivity index (χ1v) is 7.87. The van der Waals surface area contributed by atoms with Crippen molar-refractivity contribution in [1.82, 2.24) is 5.32 Å². The normalized spacial score (nSPS) is 13.6. The summed E-state index contributed by atoms with van der Waals surface area (Å²) < 4.78 is 26.3. The molecule has 0 heterocycles. The van der Waals surface area contributed by atoms with Crippen molar-refractivity contribution < 1.29 is 23.5 Å². The van der Waals surface area contributed by atoms with Crippen LogP contribution in [0.3, 0.4) is 0 Å². The van der Waals surface area contributed by atoms with E-state index < -0.39 is 29.6 Å². The summed E-state index contributed by atoms with van der Waals surface area (Å²) in [6.07, 6.45) is 0.619. The van der Waals surface area contributed by atoms with Crippen LogP contribution in [-0.2, 0) is 16.0 Å². The minimum atomic E-state index is -0.962. The third-order valence-corrected chi connectivity index (χ3v) is 3.55. The van der Waals surface area contributed by atoms with E-state index in [9.17, 15) is 18.4 Å². The first-order chi connectivity index (χ1) is 11.2. The quantitative estimate of drug-likeness (QED) is 0.641. The van der Waals surface area contributed by atoms with Gasteiger partial charge in [0, 0.05) is 19.0 Å². The molecule has 0 bridgehead atoms. The van der Waals surface area contributed by atoms with Gasteiger partial charge in [-0.15, -0.1) is 0 Å². The SMILES string of the molecule is CC(C)C[C@H](CNC(=O)[C@H](N)Cc1cc(F)cc(F)c1)CC(=O)O. The summed E-state index contributed by atoms with van der Waals surface area (Å²) in [4.78, 5) is 22.9. The van der Waals surface area contributed by atoms with Crippen molar-refractivity contribution in [2.75, 3.05) is 6.54 Å². The van der Waals surface area contributed by atoms with Gasteiger partial charge in [0.1, 0.15) is 11.6 Å². The van der Waals surface area contributed by atoms with Crippen molar-refractivity contribution in [2.45, 2.75) is 39.2 Å². The molecule has 0 aliphatic heterocycles. The molecule has 1 aromatic rings. The summed E-state index contributed by atoms with van der Waals surface area (Å²) in [5, 5.41) is 11.5. The van der Waals surface area contributed by atoms with Gasteiger partial charge in [-0.3, -0.25) is 9.59 Å². The van der Waals surface area contributed by atoms with Crippen LogP contribution < -0.4 is 11.1 Å². The number of carbonyl (C=O) groups excluding carboxylic acids is 1. The molecule has 4 N–H and O–H groups in total. The van der Waals surface area contributed by atoms with Gasteiger partial charge < -0.3 is 16.2 Å². The summed E-state index contributed by atoms with van der Waals surface area (Å²) in [6.45, 7) is 4.15. The van der Waals surface area contributed by atoms with Gasteiger partial charge >= 0.3 is 5.97 Å². The fraction of sp³-hybridized carbons (Fsp3) is 0.529. The second-order valence-corrected chi connectivity index (χ2v) is 6.43. The minimum Gasteiger partial charge on any atom is -0.481 e. The largest absolute Gasteiger partial charge is 0.481 e. The van der Waals surface area contributed by atoms with Crippen LogP contribution in [0, 0.1) is 23.5 Å². The molecule has 2 atom stereocenters. The number of nitrogens with two attached hydrogens (primary N) is 1. The molecule has 0 aliphatic carbocycles. The van der Waals surface area contributed by atoms with E-state index in [4.69, 9.17) is 10.8 Å². The van der Waals surface area contributed by atoms with Crippen LogP contribution in [0.25, 0.3) is 0 Å². The smallest absolute Gasteiger partial charge is 0.303 e. The molecule has 0 saturated carbocycles. The Morgan fingerprint density at radius 1 is 1.21 bits per heavy atom. The minimum absolute atomic E-state index is 0.00566. The average molecular weight is 342 g/mol. The number of hydrogen-bond donors (Lipinski definition) is 3. The van der Waals surface area contributed by atoms with E-state index in [2.05, 4.69) is 5.32 Å². The van der Waals surface area contributed by atoms with Crippen molar-refractivity contribution in [3.63, 3.8) is 0 Å². The van der Waals surface area contributed by atoms with E-state index in [1.807, 2.05) is 13.8 Å². The molecule has 0 fully saturated rings. The Balaban J connectivity index is 2.56. The summed E-state index contributed by atoms with van der Waals surface area (Å²) in [5.74, 6) is -2.74. The zero-order valence-corrected chi connectivity index (χ0v) is 13.9. The van der Waals surface area contributed by atoms with Crippen molar-refractivity contribution >= 4 is 11.9 Å². The van der Waals surface area contributed by atoms with Crippen LogP contribution in [0.1, 0.15) is 32.3 Å². The number of carboxylic acids is 1. The van der Waals surface area contributed by atoms with Gasteiger partial charge in [0.2, 0.25) is 5.91 Å². The molecule has 7 heteroatoms. The third kappa shape index (κ3) is 7.50. The lowest BCUT2D eigenvalue weighted by molar-refractivity contribution is -0.138. The van der Waals surface area contributed by atoms with Crippen molar-refractivity contribution in [3.05, 3.63) is 35.4 Å². The highest BCUT2D eigenvalue weighted by atomic mass is 19.1. The fourth-order valence-corrected chi connectivity index (χ4v) is 2.60. The lowest BCUT2D eigenvalue weighted by Gasteiger charge is -2.19. The predicted molar refractivity (Wildman–Crippen MR) is 86.2 cm³/mol. The van der Waals surface area contributed by atoms with Crippen LogP contribution in [0.15, 0.2) is 18.2 Å². The fourth-order valence-electron chi connectivity index (χ4n) is 2.60. The Labute approximate surface area is 140 Å². The summed E-state index contributed by atoms with van der Waals surface area (Å²) in [7, 11) is 0. The van der Waals surface area contributed by atoms with Gasteiger partial charge in [0.15, 0.2) is 0 Å². The van der Waals surface area contributed by atoms with Gasteiger partial charge in [-0.2, -0.15) is 0 Å². The monoisotopic (exact) mass is 342 g/mol. The van der Waals surface area contributed by atoms with Gasteiger partial charge in [-0.05, 0) is 42.4 Å². The van der Waals surface area contributed by atoms with E-state index in [0.29, 0.717) is 17.9 Å². The highest BCUT2D eigenvalue weighted by molar-refractivity contribution is 5.81. The number of rotatable bonds is 9. The molecule has 0 radical (unpaired) electrons. The topological polar surface area (TPSA) is 92.4 Å². The Bertz CT molecular complexity index is 559. The van der Waals surface area contributed by atoms with Gasteiger partial charge in [0.05, 0.1) is 6.04 Å². The van der Waals surface area contributed by atoms with Crippen LogP contribution in [-0.4, -0.2) is 29.6 Å². The molecule has 1 aromatic carbocycles. The van der Waals surface area contributed by atoms with E-state index >= 15 is 0 Å². The predicted octanol–water partition coefficient (Wildman–Crippen LogP) is 2.09. The van der Waals surface area contributed by atoms with Crippen molar-refractivity contribution in [3.8, 4) is 0 Å². The zero-order chi connectivity index (χ0) is 18.3. The Kier molecular flexibility index (Phi) is 7.78.